The van der Waals surface area contributed by atoms with Crippen LogP contribution in [-0.4, -0.2) is 110 Å². The number of carbonyl (C=O) groups excluding carboxylic acids is 1. The second kappa shape index (κ2) is 48.8. The number of amides is 1. The molecule has 0 bridgehead atoms. The fourth-order valence-electron chi connectivity index (χ4n) is 9.92. The molecule has 0 radical (unpaired) electrons. The molecule has 0 saturated carbocycles. The van der Waals surface area contributed by atoms with Crippen molar-refractivity contribution < 1.29 is 50.0 Å². The minimum atomic E-state index is -1.66. The molecule has 1 saturated heterocycles. The van der Waals surface area contributed by atoms with Crippen molar-refractivity contribution in [2.45, 2.75) is 345 Å². The molecule has 11 nitrogen and oxygen atoms in total. The number of hydrogen-bond donors (Lipinski definition) is 8. The van der Waals surface area contributed by atoms with Gasteiger partial charge in [0.25, 0.3) is 0 Å². The van der Waals surface area contributed by atoms with Crippen LogP contribution in [0.5, 0.6) is 0 Å². The Hall–Kier alpha value is -1.15. The Bertz CT molecular complexity index is 1140. The third-order valence-corrected chi connectivity index (χ3v) is 14.8. The van der Waals surface area contributed by atoms with E-state index in [4.69, 9.17) is 9.47 Å². The maximum Gasteiger partial charge on any atom is 0.249 e. The van der Waals surface area contributed by atoms with Crippen molar-refractivity contribution >= 4 is 5.91 Å². The average Bonchev–Trinajstić information content (AvgIpc) is 3.36. The number of allylic oxidation sites excluding steroid dienone is 2. The van der Waals surface area contributed by atoms with E-state index in [9.17, 15) is 40.5 Å². The summed E-state index contributed by atoms with van der Waals surface area (Å²) in [5.74, 6) is -0.701. The molecule has 70 heavy (non-hydrogen) atoms. The van der Waals surface area contributed by atoms with Gasteiger partial charge in [0.2, 0.25) is 5.91 Å². The molecule has 9 unspecified atom stereocenters. The second-order valence-corrected chi connectivity index (χ2v) is 21.4. The van der Waals surface area contributed by atoms with Crippen molar-refractivity contribution in [3.8, 4) is 0 Å². The predicted octanol–water partition coefficient (Wildman–Crippen LogP) is 12.7. The van der Waals surface area contributed by atoms with Gasteiger partial charge in [0.05, 0.1) is 25.4 Å². The Morgan fingerprint density at radius 1 is 0.486 bits per heavy atom. The zero-order valence-electron chi connectivity index (χ0n) is 45.5. The van der Waals surface area contributed by atoms with Crippen molar-refractivity contribution in [3.63, 3.8) is 0 Å². The summed E-state index contributed by atoms with van der Waals surface area (Å²) >= 11 is 0. The Morgan fingerprint density at radius 3 is 1.23 bits per heavy atom. The third-order valence-electron chi connectivity index (χ3n) is 14.8. The number of hydrogen-bond acceptors (Lipinski definition) is 10. The van der Waals surface area contributed by atoms with Crippen molar-refractivity contribution in [2.75, 3.05) is 13.2 Å². The largest absolute Gasteiger partial charge is 0.394 e. The number of unbranched alkanes of at least 4 members (excludes halogenated alkanes) is 38. The summed E-state index contributed by atoms with van der Waals surface area (Å²) in [6.07, 6.45) is 45.7. The summed E-state index contributed by atoms with van der Waals surface area (Å²) in [6.45, 7) is 3.47. The van der Waals surface area contributed by atoms with Crippen LogP contribution in [0.3, 0.4) is 0 Å². The first-order valence-electron chi connectivity index (χ1n) is 30.1. The Labute approximate surface area is 430 Å². The molecule has 1 rings (SSSR count). The summed E-state index contributed by atoms with van der Waals surface area (Å²) in [4.78, 5) is 13.2. The van der Waals surface area contributed by atoms with Gasteiger partial charge < -0.3 is 50.5 Å². The first-order chi connectivity index (χ1) is 34.2. The van der Waals surface area contributed by atoms with Gasteiger partial charge in [-0.25, -0.2) is 0 Å². The van der Waals surface area contributed by atoms with Crippen LogP contribution in [0.1, 0.15) is 290 Å². The maximum absolute atomic E-state index is 13.2. The van der Waals surface area contributed by atoms with Gasteiger partial charge in [0, 0.05) is 0 Å². The highest BCUT2D eigenvalue weighted by Crippen LogP contribution is 2.23. The van der Waals surface area contributed by atoms with Gasteiger partial charge in [-0.1, -0.05) is 264 Å². The quantitative estimate of drug-likeness (QED) is 0.0215. The van der Waals surface area contributed by atoms with Crippen LogP contribution in [0.25, 0.3) is 0 Å². The Kier molecular flexibility index (Phi) is 46.6. The molecule has 1 fully saturated rings. The molecule has 0 aromatic heterocycles. The lowest BCUT2D eigenvalue weighted by molar-refractivity contribution is -0.303. The van der Waals surface area contributed by atoms with Crippen LogP contribution in [0.4, 0.5) is 0 Å². The SMILES string of the molecule is CCCCCCCCCCCCCCCCCCCCCCCCC/C=C/CCCC(O)C(O)C(COC1OC(CO)C(O)C(O)C1O)NC(=O)C(O)CCCCCCCCCCCCCCCCC. The molecule has 0 aliphatic carbocycles. The molecule has 11 heteroatoms. The number of carbonyl (C=O) groups is 1. The molecular weight excluding hydrogens is 883 g/mol. The van der Waals surface area contributed by atoms with Gasteiger partial charge in [-0.2, -0.15) is 0 Å². The lowest BCUT2D eigenvalue weighted by Gasteiger charge is -2.40. The van der Waals surface area contributed by atoms with Crippen molar-refractivity contribution in [1.82, 2.24) is 5.32 Å². The molecule has 1 amide bonds. The summed E-state index contributed by atoms with van der Waals surface area (Å²) in [5, 5.41) is 76.1. The fraction of sp³-hybridized carbons (Fsp3) is 0.949. The summed E-state index contributed by atoms with van der Waals surface area (Å²) < 4.78 is 11.1. The lowest BCUT2D eigenvalue weighted by Crippen LogP contribution is -2.60. The van der Waals surface area contributed by atoms with E-state index >= 15 is 0 Å². The van der Waals surface area contributed by atoms with E-state index in [0.717, 1.165) is 38.5 Å². The predicted molar refractivity (Wildman–Crippen MR) is 289 cm³/mol. The van der Waals surface area contributed by atoms with Gasteiger partial charge in [0.15, 0.2) is 6.29 Å². The van der Waals surface area contributed by atoms with E-state index in [1.54, 1.807) is 0 Å². The van der Waals surface area contributed by atoms with Crippen LogP contribution in [0.2, 0.25) is 0 Å². The molecule has 0 aromatic carbocycles. The molecule has 8 N–H and O–H groups in total. The Balaban J connectivity index is 2.26. The summed E-state index contributed by atoms with van der Waals surface area (Å²) in [7, 11) is 0. The highest BCUT2D eigenvalue weighted by molar-refractivity contribution is 5.80. The van der Waals surface area contributed by atoms with E-state index in [1.165, 1.54) is 212 Å². The van der Waals surface area contributed by atoms with Gasteiger partial charge in [-0.05, 0) is 38.5 Å². The van der Waals surface area contributed by atoms with Crippen molar-refractivity contribution in [1.29, 1.82) is 0 Å². The first-order valence-corrected chi connectivity index (χ1v) is 30.1. The molecule has 9 atom stereocenters. The van der Waals surface area contributed by atoms with E-state index in [-0.39, 0.29) is 12.8 Å². The molecule has 1 aliphatic heterocycles. The lowest BCUT2D eigenvalue weighted by atomic mass is 9.98. The van der Waals surface area contributed by atoms with Crippen LogP contribution in [0.15, 0.2) is 12.2 Å². The smallest absolute Gasteiger partial charge is 0.249 e. The van der Waals surface area contributed by atoms with Crippen LogP contribution >= 0.6 is 0 Å². The molecule has 1 aliphatic rings. The summed E-state index contributed by atoms with van der Waals surface area (Å²) in [6, 6.07) is -1.18. The van der Waals surface area contributed by atoms with Crippen LogP contribution in [0, 0.1) is 0 Å². The molecule has 0 aromatic rings. The molecule has 1 heterocycles. The van der Waals surface area contributed by atoms with Gasteiger partial charge in [-0.3, -0.25) is 4.79 Å². The number of nitrogens with one attached hydrogen (secondary N) is 1. The first kappa shape index (κ1) is 66.9. The van der Waals surface area contributed by atoms with E-state index in [1.807, 2.05) is 0 Å². The third kappa shape index (κ3) is 36.7. The minimum Gasteiger partial charge on any atom is -0.394 e. The van der Waals surface area contributed by atoms with Gasteiger partial charge >= 0.3 is 0 Å². The second-order valence-electron chi connectivity index (χ2n) is 21.4. The zero-order valence-corrected chi connectivity index (χ0v) is 45.5. The maximum atomic E-state index is 13.2. The zero-order chi connectivity index (χ0) is 51.1. The number of rotatable bonds is 52. The van der Waals surface area contributed by atoms with Gasteiger partial charge in [-0.15, -0.1) is 0 Å². The van der Waals surface area contributed by atoms with E-state index < -0.39 is 74.2 Å². The minimum absolute atomic E-state index is 0.259. The number of ether oxygens (including phenoxy) is 2. The fourth-order valence-corrected chi connectivity index (χ4v) is 9.92. The van der Waals surface area contributed by atoms with E-state index in [2.05, 4.69) is 31.3 Å². The highest BCUT2D eigenvalue weighted by Gasteiger charge is 2.44. The van der Waals surface area contributed by atoms with Crippen molar-refractivity contribution in [3.05, 3.63) is 12.2 Å². The molecule has 0 spiro atoms. The topological polar surface area (TPSA) is 189 Å². The highest BCUT2D eigenvalue weighted by atomic mass is 16.7. The monoisotopic (exact) mass is 998 g/mol. The standard InChI is InChI=1S/C59H115NO10/c1-3-5-7-9-11-13-15-17-19-20-21-22-23-24-25-26-27-28-29-30-31-33-34-36-38-40-42-44-46-51(62)54(64)50(49-69-59-57(67)56(66)55(65)53(48-61)70-59)60-58(68)52(63)47-45-43-41-39-37-35-32-18-16-14-12-10-8-6-4-2/h38,40,50-57,59,61-67H,3-37,39,41-49H2,1-2H3,(H,60,68)/b40-38+. The van der Waals surface area contributed by atoms with Gasteiger partial charge in [0.1, 0.15) is 36.6 Å². The molecular formula is C59H115NO10. The van der Waals surface area contributed by atoms with Crippen LogP contribution < -0.4 is 5.32 Å². The van der Waals surface area contributed by atoms with E-state index in [0.29, 0.717) is 12.8 Å². The average molecular weight is 999 g/mol. The number of aliphatic hydroxyl groups excluding tert-OH is 7. The van der Waals surface area contributed by atoms with Crippen molar-refractivity contribution in [2.24, 2.45) is 0 Å². The normalized spacial score (nSPS) is 20.3. The number of aliphatic hydroxyl groups is 7. The van der Waals surface area contributed by atoms with Crippen LogP contribution in [-0.2, 0) is 14.3 Å². The molecule has 416 valence electrons. The Morgan fingerprint density at radius 2 is 0.843 bits per heavy atom. The summed E-state index contributed by atoms with van der Waals surface area (Å²) in [5.41, 5.74) is 0.